The quantitative estimate of drug-likeness (QED) is 0.742. The third kappa shape index (κ3) is 2.90. The highest BCUT2D eigenvalue weighted by atomic mass is 16.7. The molecule has 0 spiro atoms. The molecule has 1 aliphatic rings. The standard InChI is InChI=1S/C21H24O3/c1-4-21(18(22)16-11-7-5-8-12-16)19(17-13-9-6-10-14-17)23-20(24-21)15(2)3/h5-15,19-20H,4H2,1-3H3. The predicted molar refractivity (Wildman–Crippen MR) is 93.8 cm³/mol. The summed E-state index contributed by atoms with van der Waals surface area (Å²) in [4.78, 5) is 13.3. The lowest BCUT2D eigenvalue weighted by Gasteiger charge is -2.30. The lowest BCUT2D eigenvalue weighted by molar-refractivity contribution is -0.107. The number of hydrogen-bond acceptors (Lipinski definition) is 3. The van der Waals surface area contributed by atoms with Crippen molar-refractivity contribution in [3.63, 3.8) is 0 Å². The lowest BCUT2D eigenvalue weighted by atomic mass is 9.82. The molecule has 2 aromatic rings. The minimum absolute atomic E-state index is 0.0115. The van der Waals surface area contributed by atoms with Gasteiger partial charge in [-0.05, 0) is 12.0 Å². The largest absolute Gasteiger partial charge is 0.341 e. The van der Waals surface area contributed by atoms with Gasteiger partial charge in [-0.25, -0.2) is 0 Å². The van der Waals surface area contributed by atoms with Crippen LogP contribution in [0.3, 0.4) is 0 Å². The Morgan fingerprint density at radius 2 is 1.62 bits per heavy atom. The van der Waals surface area contributed by atoms with E-state index in [0.717, 1.165) is 5.56 Å². The topological polar surface area (TPSA) is 35.5 Å². The van der Waals surface area contributed by atoms with Crippen LogP contribution in [0.25, 0.3) is 0 Å². The van der Waals surface area contributed by atoms with Crippen molar-refractivity contribution >= 4 is 5.78 Å². The van der Waals surface area contributed by atoms with Crippen molar-refractivity contribution in [2.45, 2.75) is 45.2 Å². The van der Waals surface area contributed by atoms with Gasteiger partial charge in [0.15, 0.2) is 17.7 Å². The van der Waals surface area contributed by atoms with Gasteiger partial charge in [-0.1, -0.05) is 81.4 Å². The molecule has 0 radical (unpaired) electrons. The van der Waals surface area contributed by atoms with Crippen LogP contribution < -0.4 is 0 Å². The Hall–Kier alpha value is -1.97. The maximum atomic E-state index is 13.3. The normalized spacial score (nSPS) is 26.7. The Balaban J connectivity index is 2.06. The van der Waals surface area contributed by atoms with E-state index in [2.05, 4.69) is 0 Å². The number of carbonyl (C=O) groups excluding carboxylic acids is 1. The summed E-state index contributed by atoms with van der Waals surface area (Å²) in [6.45, 7) is 6.08. The molecule has 0 aliphatic carbocycles. The number of rotatable bonds is 5. The van der Waals surface area contributed by atoms with E-state index >= 15 is 0 Å². The first-order chi connectivity index (χ1) is 11.6. The van der Waals surface area contributed by atoms with Gasteiger partial charge in [0.2, 0.25) is 0 Å². The van der Waals surface area contributed by atoms with Gasteiger partial charge in [-0.3, -0.25) is 4.79 Å². The summed E-state index contributed by atoms with van der Waals surface area (Å²) in [5, 5.41) is 0. The van der Waals surface area contributed by atoms with Crippen LogP contribution in [-0.2, 0) is 9.47 Å². The van der Waals surface area contributed by atoms with Crippen LogP contribution in [0.2, 0.25) is 0 Å². The van der Waals surface area contributed by atoms with Crippen molar-refractivity contribution in [2.24, 2.45) is 5.92 Å². The van der Waals surface area contributed by atoms with E-state index in [4.69, 9.17) is 9.47 Å². The van der Waals surface area contributed by atoms with E-state index in [0.29, 0.717) is 12.0 Å². The van der Waals surface area contributed by atoms with Gasteiger partial charge in [0.05, 0.1) is 0 Å². The van der Waals surface area contributed by atoms with Gasteiger partial charge >= 0.3 is 0 Å². The number of ketones is 1. The Morgan fingerprint density at radius 3 is 2.17 bits per heavy atom. The van der Waals surface area contributed by atoms with Gasteiger partial charge in [-0.15, -0.1) is 0 Å². The Bertz CT molecular complexity index is 681. The average Bonchev–Trinajstić information content (AvgIpc) is 3.04. The molecule has 3 nitrogen and oxygen atoms in total. The zero-order valence-corrected chi connectivity index (χ0v) is 14.4. The summed E-state index contributed by atoms with van der Waals surface area (Å²) in [6, 6.07) is 19.2. The van der Waals surface area contributed by atoms with E-state index < -0.39 is 11.7 Å². The molecular formula is C21H24O3. The second-order valence-electron chi connectivity index (χ2n) is 6.60. The molecule has 2 aromatic carbocycles. The highest BCUT2D eigenvalue weighted by Gasteiger charge is 2.55. The van der Waals surface area contributed by atoms with Gasteiger partial charge in [0.25, 0.3) is 0 Å². The average molecular weight is 324 g/mol. The van der Waals surface area contributed by atoms with E-state index in [1.165, 1.54) is 0 Å². The number of Topliss-reactive ketones (excluding diaryl/α,β-unsaturated/α-hetero) is 1. The van der Waals surface area contributed by atoms with Crippen LogP contribution in [0, 0.1) is 5.92 Å². The van der Waals surface area contributed by atoms with Crippen molar-refractivity contribution in [3.8, 4) is 0 Å². The number of ether oxygens (including phenoxy) is 2. The second kappa shape index (κ2) is 6.88. The molecule has 0 bridgehead atoms. The highest BCUT2D eigenvalue weighted by Crippen LogP contribution is 2.46. The second-order valence-corrected chi connectivity index (χ2v) is 6.60. The van der Waals surface area contributed by atoms with Gasteiger partial charge < -0.3 is 9.47 Å². The van der Waals surface area contributed by atoms with Crippen LogP contribution in [0.1, 0.15) is 49.2 Å². The third-order valence-electron chi connectivity index (χ3n) is 4.61. The minimum atomic E-state index is -0.988. The summed E-state index contributed by atoms with van der Waals surface area (Å²) in [5.41, 5.74) is 0.651. The smallest absolute Gasteiger partial charge is 0.197 e. The molecule has 1 heterocycles. The van der Waals surface area contributed by atoms with Gasteiger partial charge in [0, 0.05) is 11.5 Å². The number of benzene rings is 2. The fourth-order valence-electron chi connectivity index (χ4n) is 3.25. The summed E-state index contributed by atoms with van der Waals surface area (Å²) in [7, 11) is 0. The summed E-state index contributed by atoms with van der Waals surface area (Å²) in [6.07, 6.45) is -0.226. The first-order valence-corrected chi connectivity index (χ1v) is 8.56. The van der Waals surface area contributed by atoms with Crippen LogP contribution in [0.5, 0.6) is 0 Å². The van der Waals surface area contributed by atoms with Crippen molar-refractivity contribution < 1.29 is 14.3 Å². The summed E-state index contributed by atoms with van der Waals surface area (Å²) < 4.78 is 12.5. The molecule has 0 amide bonds. The molecule has 24 heavy (non-hydrogen) atoms. The molecule has 126 valence electrons. The van der Waals surface area contributed by atoms with E-state index in [-0.39, 0.29) is 18.0 Å². The molecule has 3 heteroatoms. The SMILES string of the molecule is CCC1(C(=O)c2ccccc2)OC(C(C)C)OC1c1ccccc1. The molecule has 1 aliphatic heterocycles. The van der Waals surface area contributed by atoms with E-state index in [9.17, 15) is 4.79 Å². The highest BCUT2D eigenvalue weighted by molar-refractivity contribution is 6.03. The van der Waals surface area contributed by atoms with Crippen LogP contribution in [0.4, 0.5) is 0 Å². The van der Waals surface area contributed by atoms with Gasteiger partial charge in [0.1, 0.15) is 6.10 Å². The third-order valence-corrected chi connectivity index (χ3v) is 4.61. The van der Waals surface area contributed by atoms with E-state index in [1.807, 2.05) is 81.4 Å². The van der Waals surface area contributed by atoms with Crippen LogP contribution >= 0.6 is 0 Å². The first kappa shape index (κ1) is 16.9. The van der Waals surface area contributed by atoms with Crippen molar-refractivity contribution in [1.29, 1.82) is 0 Å². The zero-order chi connectivity index (χ0) is 17.2. The molecule has 0 N–H and O–H groups in total. The number of carbonyl (C=O) groups is 1. The van der Waals surface area contributed by atoms with Crippen molar-refractivity contribution in [1.82, 2.24) is 0 Å². The Labute approximate surface area is 143 Å². The fraction of sp³-hybridized carbons (Fsp3) is 0.381. The molecule has 0 aromatic heterocycles. The first-order valence-electron chi connectivity index (χ1n) is 8.56. The Kier molecular flexibility index (Phi) is 4.83. The molecule has 3 atom stereocenters. The summed E-state index contributed by atoms with van der Waals surface area (Å²) in [5.74, 6) is 0.163. The predicted octanol–water partition coefficient (Wildman–Crippen LogP) is 4.79. The van der Waals surface area contributed by atoms with E-state index in [1.54, 1.807) is 0 Å². The summed E-state index contributed by atoms with van der Waals surface area (Å²) >= 11 is 0. The molecular weight excluding hydrogens is 300 g/mol. The molecule has 0 saturated carbocycles. The van der Waals surface area contributed by atoms with Crippen LogP contribution in [0.15, 0.2) is 60.7 Å². The molecule has 3 rings (SSSR count). The monoisotopic (exact) mass is 324 g/mol. The Morgan fingerprint density at radius 1 is 1.04 bits per heavy atom. The minimum Gasteiger partial charge on any atom is -0.341 e. The maximum Gasteiger partial charge on any atom is 0.197 e. The lowest BCUT2D eigenvalue weighted by Crippen LogP contribution is -2.43. The molecule has 1 saturated heterocycles. The zero-order valence-electron chi connectivity index (χ0n) is 14.4. The van der Waals surface area contributed by atoms with Crippen LogP contribution in [-0.4, -0.2) is 17.7 Å². The number of hydrogen-bond donors (Lipinski definition) is 0. The molecule has 3 unspecified atom stereocenters. The van der Waals surface area contributed by atoms with Crippen molar-refractivity contribution in [3.05, 3.63) is 71.8 Å². The van der Waals surface area contributed by atoms with Gasteiger partial charge in [-0.2, -0.15) is 0 Å². The molecule has 1 fully saturated rings. The fourth-order valence-corrected chi connectivity index (χ4v) is 3.25. The maximum absolute atomic E-state index is 13.3. The van der Waals surface area contributed by atoms with Crippen molar-refractivity contribution in [2.75, 3.05) is 0 Å².